The van der Waals surface area contributed by atoms with Crippen molar-refractivity contribution in [1.82, 2.24) is 5.32 Å². The number of hydrogen-bond donors (Lipinski definition) is 2. The molecule has 3 nitrogen and oxygen atoms in total. The molecule has 2 N–H and O–H groups in total. The summed E-state index contributed by atoms with van der Waals surface area (Å²) in [5, 5.41) is 12.0. The largest absolute Gasteiger partial charge is 0.396 e. The zero-order valence-electron chi connectivity index (χ0n) is 10.8. The highest BCUT2D eigenvalue weighted by Crippen LogP contribution is 2.55. The summed E-state index contributed by atoms with van der Waals surface area (Å²) >= 11 is 0. The van der Waals surface area contributed by atoms with E-state index in [0.717, 1.165) is 19.4 Å². The number of aliphatic hydroxyl groups excluding tert-OH is 1. The van der Waals surface area contributed by atoms with Crippen molar-refractivity contribution in [2.24, 2.45) is 23.7 Å². The Labute approximate surface area is 104 Å². The first-order valence-electron chi connectivity index (χ1n) is 7.16. The number of carbonyl (C=O) groups excluding carboxylic acids is 1. The van der Waals surface area contributed by atoms with Gasteiger partial charge in [0.25, 0.3) is 0 Å². The number of amides is 1. The number of fused-ring (bicyclic) bond motifs is 1. The quantitative estimate of drug-likeness (QED) is 0.744. The van der Waals surface area contributed by atoms with Crippen LogP contribution in [-0.2, 0) is 4.79 Å². The summed E-state index contributed by atoms with van der Waals surface area (Å²) in [4.78, 5) is 12.0. The minimum Gasteiger partial charge on any atom is -0.396 e. The summed E-state index contributed by atoms with van der Waals surface area (Å²) in [5.74, 6) is 2.43. The van der Waals surface area contributed by atoms with E-state index in [-0.39, 0.29) is 12.5 Å². The van der Waals surface area contributed by atoms with Crippen molar-refractivity contribution in [2.45, 2.75) is 45.4 Å². The minimum atomic E-state index is 0.225. The molecule has 0 aromatic carbocycles. The van der Waals surface area contributed by atoms with E-state index in [0.29, 0.717) is 23.7 Å². The Bertz CT molecular complexity index is 255. The van der Waals surface area contributed by atoms with Crippen molar-refractivity contribution in [3.05, 3.63) is 0 Å². The third kappa shape index (κ3) is 3.01. The lowest BCUT2D eigenvalue weighted by Gasteiger charge is -2.14. The van der Waals surface area contributed by atoms with Gasteiger partial charge in [0, 0.05) is 19.1 Å². The molecule has 0 saturated heterocycles. The van der Waals surface area contributed by atoms with E-state index in [1.807, 2.05) is 0 Å². The Morgan fingerprint density at radius 3 is 2.53 bits per heavy atom. The molecule has 2 saturated carbocycles. The monoisotopic (exact) mass is 239 g/mol. The summed E-state index contributed by atoms with van der Waals surface area (Å²) in [7, 11) is 0. The SMILES string of the molecule is CCC(CCO)CNC(=O)C1C2CCCCC21. The first-order chi connectivity index (χ1) is 8.27. The maximum absolute atomic E-state index is 12.0. The van der Waals surface area contributed by atoms with Crippen LogP contribution in [0.1, 0.15) is 45.4 Å². The molecule has 98 valence electrons. The molecule has 2 rings (SSSR count). The molecule has 0 spiro atoms. The van der Waals surface area contributed by atoms with Gasteiger partial charge in [0.15, 0.2) is 0 Å². The van der Waals surface area contributed by atoms with Gasteiger partial charge >= 0.3 is 0 Å². The first kappa shape index (κ1) is 12.9. The zero-order chi connectivity index (χ0) is 12.3. The lowest BCUT2D eigenvalue weighted by atomic mass is 10.0. The second-order valence-corrected chi connectivity index (χ2v) is 5.67. The fourth-order valence-corrected chi connectivity index (χ4v) is 3.38. The van der Waals surface area contributed by atoms with Crippen molar-refractivity contribution in [1.29, 1.82) is 0 Å². The van der Waals surface area contributed by atoms with Crippen LogP contribution in [0.4, 0.5) is 0 Å². The van der Waals surface area contributed by atoms with Crippen molar-refractivity contribution < 1.29 is 9.90 Å². The van der Waals surface area contributed by atoms with E-state index in [1.54, 1.807) is 0 Å². The lowest BCUT2D eigenvalue weighted by Crippen LogP contribution is -2.31. The second kappa shape index (κ2) is 5.85. The third-order valence-electron chi connectivity index (χ3n) is 4.64. The van der Waals surface area contributed by atoms with Gasteiger partial charge in [0.05, 0.1) is 0 Å². The van der Waals surface area contributed by atoms with Crippen LogP contribution in [-0.4, -0.2) is 24.2 Å². The first-order valence-corrected chi connectivity index (χ1v) is 7.16. The number of aliphatic hydroxyl groups is 1. The summed E-state index contributed by atoms with van der Waals surface area (Å²) in [6, 6.07) is 0. The Kier molecular flexibility index (Phi) is 4.43. The molecule has 0 radical (unpaired) electrons. The molecular formula is C14H25NO2. The third-order valence-corrected chi connectivity index (χ3v) is 4.64. The molecular weight excluding hydrogens is 214 g/mol. The summed E-state index contributed by atoms with van der Waals surface area (Å²) in [6.07, 6.45) is 6.97. The molecule has 2 aliphatic rings. The number of hydrogen-bond acceptors (Lipinski definition) is 2. The van der Waals surface area contributed by atoms with Gasteiger partial charge in [-0.25, -0.2) is 0 Å². The Morgan fingerprint density at radius 2 is 2.00 bits per heavy atom. The van der Waals surface area contributed by atoms with Crippen LogP contribution < -0.4 is 5.32 Å². The molecule has 0 aliphatic heterocycles. The van der Waals surface area contributed by atoms with E-state index in [9.17, 15) is 4.79 Å². The van der Waals surface area contributed by atoms with E-state index >= 15 is 0 Å². The Hall–Kier alpha value is -0.570. The van der Waals surface area contributed by atoms with Crippen LogP contribution in [0, 0.1) is 23.7 Å². The van der Waals surface area contributed by atoms with Crippen molar-refractivity contribution >= 4 is 5.91 Å². The summed E-state index contributed by atoms with van der Waals surface area (Å²) in [5.41, 5.74) is 0. The van der Waals surface area contributed by atoms with Gasteiger partial charge in [-0.15, -0.1) is 0 Å². The van der Waals surface area contributed by atoms with Gasteiger partial charge in [0.2, 0.25) is 5.91 Å². The van der Waals surface area contributed by atoms with E-state index in [4.69, 9.17) is 5.11 Å². The topological polar surface area (TPSA) is 49.3 Å². The molecule has 3 atom stereocenters. The fourth-order valence-electron chi connectivity index (χ4n) is 3.38. The van der Waals surface area contributed by atoms with Gasteiger partial charge in [-0.05, 0) is 37.0 Å². The predicted molar refractivity (Wildman–Crippen MR) is 67.4 cm³/mol. The van der Waals surface area contributed by atoms with Crippen LogP contribution in [0.3, 0.4) is 0 Å². The van der Waals surface area contributed by atoms with Crippen LogP contribution in [0.25, 0.3) is 0 Å². The highest BCUT2D eigenvalue weighted by atomic mass is 16.3. The molecule has 0 aromatic heterocycles. The van der Waals surface area contributed by atoms with E-state index in [1.165, 1.54) is 25.7 Å². The van der Waals surface area contributed by atoms with Crippen LogP contribution >= 0.6 is 0 Å². The normalized spacial score (nSPS) is 32.7. The molecule has 1 amide bonds. The van der Waals surface area contributed by atoms with Gasteiger partial charge < -0.3 is 10.4 Å². The molecule has 17 heavy (non-hydrogen) atoms. The van der Waals surface area contributed by atoms with Gasteiger partial charge in [-0.1, -0.05) is 26.2 Å². The van der Waals surface area contributed by atoms with Gasteiger partial charge in [0.1, 0.15) is 0 Å². The fraction of sp³-hybridized carbons (Fsp3) is 0.929. The summed E-state index contributed by atoms with van der Waals surface area (Å²) < 4.78 is 0. The number of rotatable bonds is 6. The van der Waals surface area contributed by atoms with Crippen molar-refractivity contribution in [3.8, 4) is 0 Å². The van der Waals surface area contributed by atoms with Gasteiger partial charge in [-0.3, -0.25) is 4.79 Å². The molecule has 3 heteroatoms. The zero-order valence-corrected chi connectivity index (χ0v) is 10.8. The molecule has 0 bridgehead atoms. The second-order valence-electron chi connectivity index (χ2n) is 5.67. The van der Waals surface area contributed by atoms with Crippen LogP contribution in [0.15, 0.2) is 0 Å². The Morgan fingerprint density at radius 1 is 1.35 bits per heavy atom. The maximum atomic E-state index is 12.0. The summed E-state index contributed by atoms with van der Waals surface area (Å²) in [6.45, 7) is 3.08. The molecule has 3 unspecified atom stereocenters. The van der Waals surface area contributed by atoms with Crippen molar-refractivity contribution in [2.75, 3.05) is 13.2 Å². The van der Waals surface area contributed by atoms with E-state index < -0.39 is 0 Å². The van der Waals surface area contributed by atoms with Gasteiger partial charge in [-0.2, -0.15) is 0 Å². The predicted octanol–water partition coefficient (Wildman–Crippen LogP) is 1.95. The minimum absolute atomic E-state index is 0.225. The smallest absolute Gasteiger partial charge is 0.223 e. The average Bonchev–Trinajstić information content (AvgIpc) is 3.08. The molecule has 2 aliphatic carbocycles. The highest BCUT2D eigenvalue weighted by molar-refractivity contribution is 5.82. The average molecular weight is 239 g/mol. The Balaban J connectivity index is 1.71. The van der Waals surface area contributed by atoms with Crippen molar-refractivity contribution in [3.63, 3.8) is 0 Å². The van der Waals surface area contributed by atoms with E-state index in [2.05, 4.69) is 12.2 Å². The van der Waals surface area contributed by atoms with Crippen LogP contribution in [0.2, 0.25) is 0 Å². The number of nitrogens with one attached hydrogen (secondary N) is 1. The maximum Gasteiger partial charge on any atom is 0.223 e. The lowest BCUT2D eigenvalue weighted by molar-refractivity contribution is -0.123. The van der Waals surface area contributed by atoms with Crippen LogP contribution in [0.5, 0.6) is 0 Å². The standard InChI is InChI=1S/C14H25NO2/c1-2-10(7-8-16)9-15-14(17)13-11-5-3-4-6-12(11)13/h10-13,16H,2-9H2,1H3,(H,15,17). The number of carbonyl (C=O) groups is 1. The molecule has 0 aromatic rings. The highest BCUT2D eigenvalue weighted by Gasteiger charge is 2.54. The molecule has 2 fully saturated rings. The molecule has 0 heterocycles.